The second-order valence-electron chi connectivity index (χ2n) is 9.10. The molecule has 2 aliphatic heterocycles. The molecule has 2 aliphatic rings. The molecule has 6 nitrogen and oxygen atoms in total. The number of β-amino-alcohol motifs (C(OH)–C–C–N with tert-alkyl or cyclic N) is 1. The Labute approximate surface area is 185 Å². The van der Waals surface area contributed by atoms with E-state index in [0.29, 0.717) is 18.0 Å². The molecule has 0 aliphatic carbocycles. The minimum absolute atomic E-state index is 0.143. The highest BCUT2D eigenvalue weighted by atomic mass is 16.3. The number of aliphatic hydroxyl groups excluding tert-OH is 1. The maximum absolute atomic E-state index is 12.6. The maximum atomic E-state index is 12.6. The van der Waals surface area contributed by atoms with Gasteiger partial charge in [0.1, 0.15) is 0 Å². The van der Waals surface area contributed by atoms with Gasteiger partial charge in [0.25, 0.3) is 5.91 Å². The third-order valence-electron chi connectivity index (χ3n) is 6.59. The number of benzene rings is 1. The zero-order chi connectivity index (χ0) is 21.6. The zero-order valence-corrected chi connectivity index (χ0v) is 18.5. The monoisotopic (exact) mass is 422 g/mol. The van der Waals surface area contributed by atoms with Crippen molar-refractivity contribution < 1.29 is 9.90 Å². The molecule has 4 rings (SSSR count). The van der Waals surface area contributed by atoms with Gasteiger partial charge in [0, 0.05) is 43.6 Å². The number of aliphatic hydroxyl groups is 1. The summed E-state index contributed by atoms with van der Waals surface area (Å²) in [4.78, 5) is 21.7. The van der Waals surface area contributed by atoms with Crippen molar-refractivity contribution in [2.75, 3.05) is 39.8 Å². The second kappa shape index (κ2) is 10.4. The van der Waals surface area contributed by atoms with Crippen LogP contribution in [-0.2, 0) is 19.4 Å². The first-order valence-corrected chi connectivity index (χ1v) is 11.5. The van der Waals surface area contributed by atoms with Crippen molar-refractivity contribution in [1.82, 2.24) is 20.1 Å². The number of carbonyl (C=O) groups excluding carboxylic acids is 1. The largest absolute Gasteiger partial charge is 0.390 e. The number of pyridine rings is 1. The summed E-state index contributed by atoms with van der Waals surface area (Å²) in [7, 11) is 2.16. The quantitative estimate of drug-likeness (QED) is 0.715. The molecule has 0 bridgehead atoms. The number of rotatable bonds is 7. The van der Waals surface area contributed by atoms with Gasteiger partial charge in [-0.1, -0.05) is 24.3 Å². The van der Waals surface area contributed by atoms with E-state index in [9.17, 15) is 9.90 Å². The second-order valence-corrected chi connectivity index (χ2v) is 9.10. The molecule has 1 amide bonds. The summed E-state index contributed by atoms with van der Waals surface area (Å²) < 4.78 is 0. The molecule has 31 heavy (non-hydrogen) atoms. The van der Waals surface area contributed by atoms with E-state index in [0.717, 1.165) is 44.7 Å². The molecule has 0 spiro atoms. The van der Waals surface area contributed by atoms with Crippen molar-refractivity contribution in [3.05, 3.63) is 65.0 Å². The van der Waals surface area contributed by atoms with Gasteiger partial charge in [0.15, 0.2) is 0 Å². The molecule has 0 radical (unpaired) electrons. The van der Waals surface area contributed by atoms with Crippen LogP contribution in [0.3, 0.4) is 0 Å². The number of carbonyl (C=O) groups is 1. The molecular formula is C25H34N4O2. The van der Waals surface area contributed by atoms with E-state index in [2.05, 4.69) is 51.4 Å². The van der Waals surface area contributed by atoms with Gasteiger partial charge in [-0.15, -0.1) is 0 Å². The van der Waals surface area contributed by atoms with Crippen LogP contribution in [0, 0.1) is 5.92 Å². The molecule has 6 heteroatoms. The minimum Gasteiger partial charge on any atom is -0.390 e. The van der Waals surface area contributed by atoms with Crippen LogP contribution in [0.25, 0.3) is 0 Å². The van der Waals surface area contributed by atoms with Crippen molar-refractivity contribution in [2.45, 2.75) is 38.3 Å². The van der Waals surface area contributed by atoms with Gasteiger partial charge in [-0.25, -0.2) is 0 Å². The Bertz CT molecular complexity index is 879. The number of piperidine rings is 1. The molecule has 3 heterocycles. The number of hydrogen-bond acceptors (Lipinski definition) is 5. The van der Waals surface area contributed by atoms with Gasteiger partial charge in [0.2, 0.25) is 0 Å². The summed E-state index contributed by atoms with van der Waals surface area (Å²) in [6, 6.07) is 12.1. The number of aromatic nitrogens is 1. The molecule has 166 valence electrons. The molecule has 1 atom stereocenters. The molecular weight excluding hydrogens is 388 g/mol. The van der Waals surface area contributed by atoms with E-state index in [-0.39, 0.29) is 12.5 Å². The van der Waals surface area contributed by atoms with E-state index < -0.39 is 6.10 Å². The van der Waals surface area contributed by atoms with Gasteiger partial charge >= 0.3 is 0 Å². The third kappa shape index (κ3) is 6.12. The molecule has 1 aromatic carbocycles. The van der Waals surface area contributed by atoms with Crippen molar-refractivity contribution >= 4 is 5.91 Å². The standard InChI is InChI=1S/C25H34N4O2/c1-28-11-7-19(8-12-28)14-23-15-21(6-10-26-23)25(31)27-16-24(30)18-29-13-9-20-4-2-3-5-22(20)17-29/h2-6,10,15,19,24,30H,7-9,11-14,16-18H2,1H3,(H,27,31)/t24-/m0/s1. The molecule has 2 aromatic rings. The first kappa shape index (κ1) is 21.9. The fourth-order valence-electron chi connectivity index (χ4n) is 4.68. The number of likely N-dealkylation sites (tertiary alicyclic amines) is 1. The lowest BCUT2D eigenvalue weighted by Crippen LogP contribution is -2.42. The van der Waals surface area contributed by atoms with Crippen molar-refractivity contribution in [1.29, 1.82) is 0 Å². The molecule has 1 aromatic heterocycles. The van der Waals surface area contributed by atoms with Gasteiger partial charge in [-0.3, -0.25) is 14.7 Å². The van der Waals surface area contributed by atoms with E-state index >= 15 is 0 Å². The Kier molecular flexibility index (Phi) is 7.33. The van der Waals surface area contributed by atoms with Crippen LogP contribution in [0.4, 0.5) is 0 Å². The van der Waals surface area contributed by atoms with Gasteiger partial charge in [-0.2, -0.15) is 0 Å². The van der Waals surface area contributed by atoms with Gasteiger partial charge < -0.3 is 15.3 Å². The molecule has 1 saturated heterocycles. The van der Waals surface area contributed by atoms with Crippen LogP contribution in [0.2, 0.25) is 0 Å². The fraction of sp³-hybridized carbons (Fsp3) is 0.520. The number of hydrogen-bond donors (Lipinski definition) is 2. The Morgan fingerprint density at radius 3 is 2.77 bits per heavy atom. The van der Waals surface area contributed by atoms with Crippen LogP contribution in [0.15, 0.2) is 42.6 Å². The van der Waals surface area contributed by atoms with Gasteiger partial charge in [0.05, 0.1) is 6.10 Å². The Balaban J connectivity index is 1.24. The summed E-state index contributed by atoms with van der Waals surface area (Å²) >= 11 is 0. The van der Waals surface area contributed by atoms with E-state index in [1.165, 1.54) is 24.0 Å². The summed E-state index contributed by atoms with van der Waals surface area (Å²) in [5.74, 6) is 0.494. The van der Waals surface area contributed by atoms with Crippen molar-refractivity contribution in [3.8, 4) is 0 Å². The first-order valence-electron chi connectivity index (χ1n) is 11.5. The normalized spacial score (nSPS) is 19.0. The lowest BCUT2D eigenvalue weighted by atomic mass is 9.92. The minimum atomic E-state index is -0.588. The van der Waals surface area contributed by atoms with E-state index in [1.807, 2.05) is 6.07 Å². The predicted molar refractivity (Wildman–Crippen MR) is 122 cm³/mol. The Hall–Kier alpha value is -2.28. The van der Waals surface area contributed by atoms with Crippen LogP contribution in [0.1, 0.15) is 40.0 Å². The highest BCUT2D eigenvalue weighted by Crippen LogP contribution is 2.21. The summed E-state index contributed by atoms with van der Waals surface area (Å²) in [6.07, 6.45) is 5.43. The first-order chi connectivity index (χ1) is 15.1. The Morgan fingerprint density at radius 2 is 1.97 bits per heavy atom. The van der Waals surface area contributed by atoms with Crippen LogP contribution >= 0.6 is 0 Å². The number of fused-ring (bicyclic) bond motifs is 1. The highest BCUT2D eigenvalue weighted by Gasteiger charge is 2.20. The molecule has 1 fully saturated rings. The smallest absolute Gasteiger partial charge is 0.251 e. The SMILES string of the molecule is CN1CCC(Cc2cc(C(=O)NC[C@H](O)CN3CCc4ccccc4C3)ccn2)CC1. The highest BCUT2D eigenvalue weighted by molar-refractivity contribution is 5.94. The lowest BCUT2D eigenvalue weighted by Gasteiger charge is -2.30. The summed E-state index contributed by atoms with van der Waals surface area (Å²) in [5, 5.41) is 13.4. The van der Waals surface area contributed by atoms with Gasteiger partial charge in [-0.05, 0) is 75.0 Å². The van der Waals surface area contributed by atoms with Crippen molar-refractivity contribution in [2.24, 2.45) is 5.92 Å². The third-order valence-corrected chi connectivity index (χ3v) is 6.59. The Morgan fingerprint density at radius 1 is 1.19 bits per heavy atom. The van der Waals surface area contributed by atoms with Crippen LogP contribution < -0.4 is 5.32 Å². The fourth-order valence-corrected chi connectivity index (χ4v) is 4.68. The van der Waals surface area contributed by atoms with Crippen LogP contribution in [-0.4, -0.2) is 71.7 Å². The molecule has 2 N–H and O–H groups in total. The summed E-state index contributed by atoms with van der Waals surface area (Å²) in [6.45, 7) is 4.87. The lowest BCUT2D eigenvalue weighted by molar-refractivity contribution is 0.0841. The number of amides is 1. The van der Waals surface area contributed by atoms with Crippen molar-refractivity contribution in [3.63, 3.8) is 0 Å². The molecule has 0 unspecified atom stereocenters. The van der Waals surface area contributed by atoms with E-state index in [1.54, 1.807) is 12.3 Å². The van der Waals surface area contributed by atoms with Crippen LogP contribution in [0.5, 0.6) is 0 Å². The predicted octanol–water partition coefficient (Wildman–Crippen LogP) is 2.11. The maximum Gasteiger partial charge on any atom is 0.251 e. The average molecular weight is 423 g/mol. The number of nitrogens with one attached hydrogen (secondary N) is 1. The molecule has 0 saturated carbocycles. The van der Waals surface area contributed by atoms with E-state index in [4.69, 9.17) is 0 Å². The topological polar surface area (TPSA) is 68.7 Å². The average Bonchev–Trinajstić information content (AvgIpc) is 2.79. The number of nitrogens with zero attached hydrogens (tertiary/aromatic N) is 3. The zero-order valence-electron chi connectivity index (χ0n) is 18.5. The summed E-state index contributed by atoms with van der Waals surface area (Å²) in [5.41, 5.74) is 4.33.